The van der Waals surface area contributed by atoms with E-state index in [0.29, 0.717) is 58.4 Å². The molecule has 1 aliphatic heterocycles. The number of likely N-dealkylation sites (tertiary alicyclic amines) is 1. The van der Waals surface area contributed by atoms with Gasteiger partial charge < -0.3 is 29.0 Å². The van der Waals surface area contributed by atoms with E-state index >= 15 is 0 Å². The topological polar surface area (TPSA) is 94.9 Å². The van der Waals surface area contributed by atoms with Crippen LogP contribution in [0.2, 0.25) is 30.7 Å². The lowest BCUT2D eigenvalue weighted by molar-refractivity contribution is 0.0210. The number of hydrogen-bond donors (Lipinski definition) is 1. The zero-order chi connectivity index (χ0) is 33.8. The van der Waals surface area contributed by atoms with Crippen molar-refractivity contribution in [2.75, 3.05) is 25.0 Å². The quantitative estimate of drug-likeness (QED) is 0.0963. The molecule has 47 heavy (non-hydrogen) atoms. The number of fused-ring (bicyclic) bond motifs is 1. The number of benzene rings is 2. The van der Waals surface area contributed by atoms with Gasteiger partial charge in [-0.1, -0.05) is 49.4 Å². The van der Waals surface area contributed by atoms with Crippen molar-refractivity contribution in [3.05, 3.63) is 83.1 Å². The Morgan fingerprint density at radius 3 is 2.38 bits per heavy atom. The number of nitrogens with zero attached hydrogens (tertiary/aromatic N) is 3. The number of nitrogens with one attached hydrogen (secondary N) is 1. The average Bonchev–Trinajstić information content (AvgIpc) is 3.38. The van der Waals surface area contributed by atoms with Gasteiger partial charge in [-0.3, -0.25) is 4.79 Å². The molecule has 3 heterocycles. The minimum Gasteiger partial charge on any atom is -0.457 e. The van der Waals surface area contributed by atoms with E-state index in [1.165, 1.54) is 0 Å². The van der Waals surface area contributed by atoms with Crippen LogP contribution in [0.5, 0.6) is 11.5 Å². The van der Waals surface area contributed by atoms with Crippen molar-refractivity contribution in [1.29, 1.82) is 0 Å². The maximum atomic E-state index is 14.2. The summed E-state index contributed by atoms with van der Waals surface area (Å²) in [5.41, 5.74) is 1.76. The smallest absolute Gasteiger partial charge is 0.410 e. The first-order valence-electron chi connectivity index (χ1n) is 16.1. The van der Waals surface area contributed by atoms with Crippen LogP contribution in [-0.2, 0) is 16.2 Å². The van der Waals surface area contributed by atoms with Gasteiger partial charge in [0.2, 0.25) is 0 Å². The molecule has 0 radical (unpaired) electrons. The number of halogens is 1. The number of aromatic nitrogens is 2. The van der Waals surface area contributed by atoms with Crippen molar-refractivity contribution >= 4 is 48.3 Å². The molecule has 0 bridgehead atoms. The normalized spacial score (nSPS) is 14.3. The van der Waals surface area contributed by atoms with Gasteiger partial charge in [0.15, 0.2) is 5.78 Å². The van der Waals surface area contributed by atoms with Gasteiger partial charge in [-0.05, 0) is 70.0 Å². The lowest BCUT2D eigenvalue weighted by Gasteiger charge is -2.34. The van der Waals surface area contributed by atoms with Crippen LogP contribution in [-0.4, -0.2) is 65.7 Å². The lowest BCUT2D eigenvalue weighted by Crippen LogP contribution is -2.44. The highest BCUT2D eigenvalue weighted by molar-refractivity contribution is 6.76. The highest BCUT2D eigenvalue weighted by Crippen LogP contribution is 2.34. The van der Waals surface area contributed by atoms with Crippen LogP contribution in [0.15, 0.2) is 67.0 Å². The Bertz CT molecular complexity index is 1710. The third-order valence-corrected chi connectivity index (χ3v) is 9.92. The number of carbonyl (C=O) groups excluding carboxylic acids is 2. The molecule has 2 aromatic heterocycles. The Labute approximate surface area is 283 Å². The van der Waals surface area contributed by atoms with Crippen LogP contribution >= 0.6 is 11.6 Å². The number of ketones is 1. The van der Waals surface area contributed by atoms with E-state index in [2.05, 4.69) is 29.9 Å². The van der Waals surface area contributed by atoms with Crippen molar-refractivity contribution < 1.29 is 23.8 Å². The number of amides is 1. The van der Waals surface area contributed by atoms with Crippen molar-refractivity contribution in [1.82, 2.24) is 14.5 Å². The molecule has 0 aliphatic carbocycles. The SMILES string of the molecule is CC(C)(C)OC(=O)N1CCC(Nc2ccnc3c2c(C(=O)c2ccc(Oc4ccccc4)cc2Cl)cn3COCC[Si](C)(C)C)CC1. The molecule has 0 spiro atoms. The van der Waals surface area contributed by atoms with Gasteiger partial charge in [-0.15, -0.1) is 0 Å². The van der Waals surface area contributed by atoms with Gasteiger partial charge in [0.05, 0.1) is 16.0 Å². The molecule has 0 unspecified atom stereocenters. The van der Waals surface area contributed by atoms with Crippen LogP contribution in [0.4, 0.5) is 10.5 Å². The van der Waals surface area contributed by atoms with Crippen LogP contribution < -0.4 is 10.1 Å². The van der Waals surface area contributed by atoms with E-state index in [1.807, 2.05) is 67.9 Å². The Hall–Kier alpha value is -3.86. The number of piperidine rings is 1. The fourth-order valence-electron chi connectivity index (χ4n) is 5.41. The summed E-state index contributed by atoms with van der Waals surface area (Å²) in [6.45, 7) is 14.6. The van der Waals surface area contributed by atoms with Gasteiger partial charge in [-0.25, -0.2) is 9.78 Å². The van der Waals surface area contributed by atoms with E-state index in [-0.39, 0.29) is 24.6 Å². The van der Waals surface area contributed by atoms with Gasteiger partial charge in [0, 0.05) is 63.5 Å². The minimum atomic E-state index is -1.27. The minimum absolute atomic E-state index is 0.0941. The molecule has 1 N–H and O–H groups in total. The van der Waals surface area contributed by atoms with Crippen molar-refractivity contribution in [3.8, 4) is 11.5 Å². The average molecular weight is 677 g/mol. The highest BCUT2D eigenvalue weighted by Gasteiger charge is 2.28. The maximum Gasteiger partial charge on any atom is 0.410 e. The van der Waals surface area contributed by atoms with Crippen LogP contribution in [0.3, 0.4) is 0 Å². The van der Waals surface area contributed by atoms with E-state index in [4.69, 9.17) is 25.8 Å². The predicted molar refractivity (Wildman–Crippen MR) is 190 cm³/mol. The number of pyridine rings is 1. The van der Waals surface area contributed by atoms with Crippen LogP contribution in [0, 0.1) is 0 Å². The first kappa shape index (κ1) is 34.5. The number of carbonyl (C=O) groups is 2. The summed E-state index contributed by atoms with van der Waals surface area (Å²) < 4.78 is 19.5. The van der Waals surface area contributed by atoms with Crippen molar-refractivity contribution in [2.24, 2.45) is 0 Å². The number of para-hydroxylation sites is 1. The third kappa shape index (κ3) is 9.15. The van der Waals surface area contributed by atoms with Gasteiger partial charge in [0.25, 0.3) is 0 Å². The largest absolute Gasteiger partial charge is 0.457 e. The summed E-state index contributed by atoms with van der Waals surface area (Å²) in [6, 6.07) is 17.6. The molecular weight excluding hydrogens is 632 g/mol. The Kier molecular flexibility index (Phi) is 10.6. The van der Waals surface area contributed by atoms with Gasteiger partial charge in [-0.2, -0.15) is 0 Å². The second-order valence-corrected chi connectivity index (χ2v) is 20.2. The monoisotopic (exact) mass is 676 g/mol. The maximum absolute atomic E-state index is 14.2. The molecule has 9 nitrogen and oxygen atoms in total. The molecule has 0 atom stereocenters. The Balaban J connectivity index is 1.41. The number of rotatable bonds is 11. The first-order valence-corrected chi connectivity index (χ1v) is 20.2. The number of anilines is 1. The van der Waals surface area contributed by atoms with E-state index < -0.39 is 13.7 Å². The van der Waals surface area contributed by atoms with E-state index in [0.717, 1.165) is 24.6 Å². The van der Waals surface area contributed by atoms with Crippen molar-refractivity contribution in [2.45, 2.75) is 77.7 Å². The summed E-state index contributed by atoms with van der Waals surface area (Å²) in [7, 11) is -1.27. The lowest BCUT2D eigenvalue weighted by atomic mass is 10.0. The second-order valence-electron chi connectivity index (χ2n) is 14.2. The van der Waals surface area contributed by atoms with Gasteiger partial charge in [0.1, 0.15) is 29.5 Å². The van der Waals surface area contributed by atoms with E-state index in [9.17, 15) is 9.59 Å². The summed E-state index contributed by atoms with van der Waals surface area (Å²) in [4.78, 5) is 33.3. The number of hydrogen-bond acceptors (Lipinski definition) is 7. The molecule has 11 heteroatoms. The fraction of sp³-hybridized carbons (Fsp3) is 0.417. The number of ether oxygens (including phenoxy) is 3. The van der Waals surface area contributed by atoms with Gasteiger partial charge >= 0.3 is 6.09 Å². The summed E-state index contributed by atoms with van der Waals surface area (Å²) in [5.74, 6) is 0.999. The molecule has 1 amide bonds. The molecule has 1 aliphatic rings. The van der Waals surface area contributed by atoms with Crippen LogP contribution in [0.1, 0.15) is 49.5 Å². The van der Waals surface area contributed by atoms with Crippen LogP contribution in [0.25, 0.3) is 11.0 Å². The molecule has 5 rings (SSSR count). The zero-order valence-electron chi connectivity index (χ0n) is 28.1. The molecular formula is C36H45ClN4O5Si. The summed E-state index contributed by atoms with van der Waals surface area (Å²) in [6.07, 6.45) is 4.74. The second kappa shape index (κ2) is 14.5. The van der Waals surface area contributed by atoms with E-state index in [1.54, 1.807) is 29.3 Å². The fourth-order valence-corrected chi connectivity index (χ4v) is 6.43. The molecule has 0 saturated carbocycles. The zero-order valence-corrected chi connectivity index (χ0v) is 29.9. The van der Waals surface area contributed by atoms with Crippen molar-refractivity contribution in [3.63, 3.8) is 0 Å². The Morgan fingerprint density at radius 1 is 1.00 bits per heavy atom. The standard InChI is InChI=1S/C36H45ClN4O5Si/c1-36(2,3)46-35(43)40-18-15-25(16-19-40)39-31-14-17-38-34-32(31)29(23-41(34)24-44-20-21-47(4,5)6)33(42)28-13-12-27(22-30(28)37)45-26-10-8-7-9-11-26/h7-14,17,22-23,25H,15-16,18-21,24H2,1-6H3,(H,38,39). The highest BCUT2D eigenvalue weighted by atomic mass is 35.5. The molecule has 1 saturated heterocycles. The summed E-state index contributed by atoms with van der Waals surface area (Å²) in [5, 5.41) is 4.66. The summed E-state index contributed by atoms with van der Waals surface area (Å²) >= 11 is 6.72. The first-order chi connectivity index (χ1) is 22.3. The molecule has 4 aromatic rings. The third-order valence-electron chi connectivity index (χ3n) is 7.90. The predicted octanol–water partition coefficient (Wildman–Crippen LogP) is 8.84. The molecule has 250 valence electrons. The molecule has 1 fully saturated rings. The molecule has 2 aromatic carbocycles. The Morgan fingerprint density at radius 2 is 1.72 bits per heavy atom.